The van der Waals surface area contributed by atoms with Gasteiger partial charge in [-0.3, -0.25) is 4.98 Å². The molecule has 0 saturated carbocycles. The van der Waals surface area contributed by atoms with Gasteiger partial charge in [-0.1, -0.05) is 6.07 Å². The van der Waals surface area contributed by atoms with Gasteiger partial charge in [0.2, 0.25) is 0 Å². The normalized spacial score (nSPS) is 12.5. The number of halogens is 1. The molecular formula is C16H19FN2. The number of benzene rings is 1. The number of rotatable bonds is 3. The Morgan fingerprint density at radius 1 is 1.11 bits per heavy atom. The van der Waals surface area contributed by atoms with Gasteiger partial charge in [-0.2, -0.15) is 0 Å². The summed E-state index contributed by atoms with van der Waals surface area (Å²) < 4.78 is 13.1. The molecule has 2 N–H and O–H groups in total. The minimum atomic E-state index is -0.203. The second-order valence-corrected chi connectivity index (χ2v) is 5.06. The van der Waals surface area contributed by atoms with E-state index in [1.807, 2.05) is 39.0 Å². The van der Waals surface area contributed by atoms with E-state index in [4.69, 9.17) is 5.73 Å². The van der Waals surface area contributed by atoms with Crippen molar-refractivity contribution in [2.24, 2.45) is 5.73 Å². The van der Waals surface area contributed by atoms with E-state index < -0.39 is 0 Å². The Morgan fingerprint density at radius 3 is 2.32 bits per heavy atom. The molecule has 1 heterocycles. The van der Waals surface area contributed by atoms with Crippen LogP contribution in [0.15, 0.2) is 30.3 Å². The Labute approximate surface area is 113 Å². The van der Waals surface area contributed by atoms with E-state index in [2.05, 4.69) is 4.98 Å². The van der Waals surface area contributed by atoms with Crippen LogP contribution in [0.4, 0.5) is 4.39 Å². The van der Waals surface area contributed by atoms with Gasteiger partial charge in [0.25, 0.3) is 0 Å². The fraction of sp³-hybridized carbons (Fsp3) is 0.312. The van der Waals surface area contributed by atoms with Gasteiger partial charge < -0.3 is 5.73 Å². The molecule has 0 fully saturated rings. The Balaban J connectivity index is 2.22. The Bertz CT molecular complexity index is 573. The maximum atomic E-state index is 13.1. The van der Waals surface area contributed by atoms with E-state index in [1.54, 1.807) is 6.07 Å². The Kier molecular flexibility index (Phi) is 3.96. The third-order valence-corrected chi connectivity index (χ3v) is 3.28. The first-order chi connectivity index (χ1) is 8.95. The van der Waals surface area contributed by atoms with Crippen LogP contribution in [-0.2, 0) is 6.42 Å². The van der Waals surface area contributed by atoms with Crippen molar-refractivity contribution in [2.75, 3.05) is 0 Å². The van der Waals surface area contributed by atoms with Crippen molar-refractivity contribution in [3.63, 3.8) is 0 Å². The van der Waals surface area contributed by atoms with Crippen LogP contribution >= 0.6 is 0 Å². The topological polar surface area (TPSA) is 38.9 Å². The fourth-order valence-corrected chi connectivity index (χ4v) is 2.32. The van der Waals surface area contributed by atoms with Crippen LogP contribution in [-0.4, -0.2) is 4.98 Å². The lowest BCUT2D eigenvalue weighted by Crippen LogP contribution is -2.15. The van der Waals surface area contributed by atoms with E-state index in [1.165, 1.54) is 6.07 Å². The summed E-state index contributed by atoms with van der Waals surface area (Å²) in [5.41, 5.74) is 11.3. The predicted octanol–water partition coefficient (Wildman–Crippen LogP) is 3.39. The van der Waals surface area contributed by atoms with Crippen LogP contribution in [0.25, 0.3) is 0 Å². The third-order valence-electron chi connectivity index (χ3n) is 3.28. The van der Waals surface area contributed by atoms with E-state index in [-0.39, 0.29) is 11.9 Å². The first-order valence-corrected chi connectivity index (χ1v) is 6.41. The number of aryl methyl sites for hydroxylation is 3. The summed E-state index contributed by atoms with van der Waals surface area (Å²) in [6.07, 6.45) is 0.703. The quantitative estimate of drug-likeness (QED) is 0.916. The van der Waals surface area contributed by atoms with Gasteiger partial charge in [-0.15, -0.1) is 0 Å². The molecule has 2 nitrogen and oxygen atoms in total. The van der Waals surface area contributed by atoms with Crippen molar-refractivity contribution in [3.8, 4) is 0 Å². The molecule has 0 aliphatic rings. The number of hydrogen-bond acceptors (Lipinski definition) is 2. The third kappa shape index (κ3) is 3.38. The zero-order chi connectivity index (χ0) is 14.0. The van der Waals surface area contributed by atoms with E-state index in [0.717, 1.165) is 28.1 Å². The number of pyridine rings is 1. The monoisotopic (exact) mass is 258 g/mol. The molecule has 100 valence electrons. The molecule has 19 heavy (non-hydrogen) atoms. The van der Waals surface area contributed by atoms with Gasteiger partial charge in [-0.25, -0.2) is 4.39 Å². The lowest BCUT2D eigenvalue weighted by Gasteiger charge is -2.15. The number of aromatic nitrogens is 1. The fourth-order valence-electron chi connectivity index (χ4n) is 2.32. The summed E-state index contributed by atoms with van der Waals surface area (Å²) in [6.45, 7) is 5.84. The second-order valence-electron chi connectivity index (χ2n) is 5.06. The average molecular weight is 258 g/mol. The van der Waals surface area contributed by atoms with Gasteiger partial charge in [-0.05, 0) is 68.1 Å². The minimum Gasteiger partial charge on any atom is -0.324 e. The van der Waals surface area contributed by atoms with Crippen LogP contribution in [0.1, 0.15) is 34.1 Å². The summed E-state index contributed by atoms with van der Waals surface area (Å²) >= 11 is 0. The highest BCUT2D eigenvalue weighted by Crippen LogP contribution is 2.20. The molecule has 0 bridgehead atoms. The molecule has 0 radical (unpaired) electrons. The summed E-state index contributed by atoms with van der Waals surface area (Å²) in [6, 6.07) is 8.77. The molecule has 1 unspecified atom stereocenters. The SMILES string of the molecule is Cc1cc(C(N)Cc2ccc(F)cc2C)cc(C)n1. The largest absolute Gasteiger partial charge is 0.324 e. The van der Waals surface area contributed by atoms with E-state index in [0.29, 0.717) is 6.42 Å². The lowest BCUT2D eigenvalue weighted by atomic mass is 9.96. The molecule has 0 amide bonds. The van der Waals surface area contributed by atoms with Crippen LogP contribution in [0, 0.1) is 26.6 Å². The van der Waals surface area contributed by atoms with Crippen molar-refractivity contribution in [2.45, 2.75) is 33.2 Å². The average Bonchev–Trinajstić information content (AvgIpc) is 2.31. The zero-order valence-electron chi connectivity index (χ0n) is 11.6. The number of nitrogens with two attached hydrogens (primary N) is 1. The number of hydrogen-bond donors (Lipinski definition) is 1. The molecule has 1 aromatic carbocycles. The molecule has 3 heteroatoms. The molecule has 0 saturated heterocycles. The molecule has 1 atom stereocenters. The molecule has 2 rings (SSSR count). The van der Waals surface area contributed by atoms with Gasteiger partial charge >= 0.3 is 0 Å². The molecule has 2 aromatic rings. The van der Waals surface area contributed by atoms with Crippen molar-refractivity contribution in [3.05, 3.63) is 64.2 Å². The molecule has 0 spiro atoms. The highest BCUT2D eigenvalue weighted by molar-refractivity contribution is 5.30. The van der Waals surface area contributed by atoms with Gasteiger partial charge in [0.05, 0.1) is 0 Å². The molecular weight excluding hydrogens is 239 g/mol. The minimum absolute atomic E-state index is 0.0930. The van der Waals surface area contributed by atoms with Crippen LogP contribution < -0.4 is 5.73 Å². The molecule has 0 aliphatic carbocycles. The number of nitrogens with zero attached hydrogens (tertiary/aromatic N) is 1. The Hall–Kier alpha value is -1.74. The van der Waals surface area contributed by atoms with E-state index in [9.17, 15) is 4.39 Å². The molecule has 1 aromatic heterocycles. The summed E-state index contributed by atoms with van der Waals surface area (Å²) in [5, 5.41) is 0. The summed E-state index contributed by atoms with van der Waals surface area (Å²) in [7, 11) is 0. The first-order valence-electron chi connectivity index (χ1n) is 6.41. The Morgan fingerprint density at radius 2 is 1.74 bits per heavy atom. The van der Waals surface area contributed by atoms with Crippen LogP contribution in [0.3, 0.4) is 0 Å². The first kappa shape index (κ1) is 13.7. The highest BCUT2D eigenvalue weighted by atomic mass is 19.1. The van der Waals surface area contributed by atoms with Crippen LogP contribution in [0.2, 0.25) is 0 Å². The smallest absolute Gasteiger partial charge is 0.123 e. The predicted molar refractivity (Wildman–Crippen MR) is 75.5 cm³/mol. The van der Waals surface area contributed by atoms with Crippen molar-refractivity contribution in [1.29, 1.82) is 0 Å². The summed E-state index contributed by atoms with van der Waals surface area (Å²) in [5.74, 6) is -0.203. The van der Waals surface area contributed by atoms with Crippen LogP contribution in [0.5, 0.6) is 0 Å². The van der Waals surface area contributed by atoms with E-state index >= 15 is 0 Å². The standard InChI is InChI=1S/C16H19FN2/c1-10-6-15(17)5-4-13(10)9-16(18)14-7-11(2)19-12(3)8-14/h4-8,16H,9,18H2,1-3H3. The molecule has 0 aliphatic heterocycles. The van der Waals surface area contributed by atoms with Crippen molar-refractivity contribution in [1.82, 2.24) is 4.98 Å². The van der Waals surface area contributed by atoms with Gasteiger partial charge in [0.15, 0.2) is 0 Å². The van der Waals surface area contributed by atoms with Crippen molar-refractivity contribution < 1.29 is 4.39 Å². The van der Waals surface area contributed by atoms with Gasteiger partial charge in [0.1, 0.15) is 5.82 Å². The highest BCUT2D eigenvalue weighted by Gasteiger charge is 2.10. The maximum Gasteiger partial charge on any atom is 0.123 e. The van der Waals surface area contributed by atoms with Gasteiger partial charge in [0, 0.05) is 17.4 Å². The zero-order valence-corrected chi connectivity index (χ0v) is 11.6. The summed E-state index contributed by atoms with van der Waals surface area (Å²) in [4.78, 5) is 4.35. The van der Waals surface area contributed by atoms with Crippen molar-refractivity contribution >= 4 is 0 Å². The maximum absolute atomic E-state index is 13.1. The lowest BCUT2D eigenvalue weighted by molar-refractivity contribution is 0.623. The second kappa shape index (κ2) is 5.49.